The molecule has 3 aromatic rings. The summed E-state index contributed by atoms with van der Waals surface area (Å²) in [6, 6.07) is 13.1. The number of nitrogens with one attached hydrogen (secondary N) is 5. The molecule has 2 unspecified atom stereocenters. The smallest absolute Gasteiger partial charge is 0.373 e. The van der Waals surface area contributed by atoms with Crippen LogP contribution in [0, 0.1) is 17.4 Å². The van der Waals surface area contributed by atoms with Gasteiger partial charge in [0.25, 0.3) is 5.91 Å². The van der Waals surface area contributed by atoms with E-state index >= 15 is 0 Å². The van der Waals surface area contributed by atoms with Crippen LogP contribution in [0.4, 0.5) is 18.9 Å². The van der Waals surface area contributed by atoms with Crippen LogP contribution in [-0.4, -0.2) is 65.8 Å². The number of carbonyl (C=O) groups excluding carboxylic acids is 1. The number of alkyl halides is 3. The van der Waals surface area contributed by atoms with Crippen molar-refractivity contribution in [1.82, 2.24) is 20.5 Å². The van der Waals surface area contributed by atoms with Crippen molar-refractivity contribution in [3.63, 3.8) is 0 Å². The van der Waals surface area contributed by atoms with Crippen LogP contribution in [0.3, 0.4) is 0 Å². The van der Waals surface area contributed by atoms with E-state index in [0.29, 0.717) is 54.9 Å². The van der Waals surface area contributed by atoms with Crippen molar-refractivity contribution in [3.8, 4) is 11.8 Å². The van der Waals surface area contributed by atoms with Gasteiger partial charge >= 0.3 is 6.18 Å². The fraction of sp³-hybridized carbons (Fsp3) is 0.421. The summed E-state index contributed by atoms with van der Waals surface area (Å²) in [5.74, 6) is 6.29. The van der Waals surface area contributed by atoms with Gasteiger partial charge in [-0.3, -0.25) is 9.79 Å². The fourth-order valence-corrected chi connectivity index (χ4v) is 6.29. The second-order valence-electron chi connectivity index (χ2n) is 12.9. The van der Waals surface area contributed by atoms with Gasteiger partial charge < -0.3 is 30.9 Å². The van der Waals surface area contributed by atoms with Crippen molar-refractivity contribution in [2.24, 2.45) is 17.2 Å². The molecule has 0 aliphatic carbocycles. The van der Waals surface area contributed by atoms with Crippen molar-refractivity contribution in [3.05, 3.63) is 99.4 Å². The Morgan fingerprint density at radius 2 is 1.92 bits per heavy atom. The zero-order valence-corrected chi connectivity index (χ0v) is 29.2. The minimum Gasteiger partial charge on any atom is -0.373 e. The van der Waals surface area contributed by atoms with Crippen molar-refractivity contribution in [2.45, 2.75) is 64.0 Å². The predicted octanol–water partition coefficient (Wildman–Crippen LogP) is 5.35. The van der Waals surface area contributed by atoms with Gasteiger partial charge in [-0.05, 0) is 66.9 Å². The van der Waals surface area contributed by atoms with Gasteiger partial charge in [0.05, 0.1) is 34.7 Å². The van der Waals surface area contributed by atoms with Gasteiger partial charge in [-0.15, -0.1) is 0 Å². The first kappa shape index (κ1) is 37.5. The van der Waals surface area contributed by atoms with E-state index in [4.69, 9.17) is 10.5 Å². The van der Waals surface area contributed by atoms with Crippen molar-refractivity contribution < 1.29 is 23.1 Å². The highest BCUT2D eigenvalue weighted by molar-refractivity contribution is 6.16. The first-order chi connectivity index (χ1) is 24.5. The SMILES string of the molecule is CCCNCCNCc1ccc(NC(O)Cc2cccc(C#CC3=CC(CC)(N=N)CN=C3c3cc4c(n3C)CCNC4=O)c2)cc1C(F)(F)F. The van der Waals surface area contributed by atoms with Crippen LogP contribution in [-0.2, 0) is 32.6 Å². The minimum absolute atomic E-state index is 0.0747. The second kappa shape index (κ2) is 16.5. The summed E-state index contributed by atoms with van der Waals surface area (Å²) in [7, 11) is 1.91. The number of allylic oxidation sites excluding steroid dienone is 1. The highest BCUT2D eigenvalue weighted by Gasteiger charge is 2.34. The summed E-state index contributed by atoms with van der Waals surface area (Å²) in [5, 5.41) is 26.7. The molecule has 0 saturated carbocycles. The molecule has 3 heterocycles. The minimum atomic E-state index is -4.55. The number of fused-ring (bicyclic) bond motifs is 1. The molecule has 0 spiro atoms. The van der Waals surface area contributed by atoms with Crippen molar-refractivity contribution in [2.75, 3.05) is 38.0 Å². The Morgan fingerprint density at radius 3 is 2.65 bits per heavy atom. The van der Waals surface area contributed by atoms with E-state index in [1.807, 2.05) is 55.8 Å². The molecular weight excluding hydrogens is 657 g/mol. The van der Waals surface area contributed by atoms with Gasteiger partial charge in [0.2, 0.25) is 0 Å². The van der Waals surface area contributed by atoms with Crippen LogP contribution in [0.2, 0.25) is 0 Å². The lowest BCUT2D eigenvalue weighted by atomic mass is 9.89. The number of rotatable bonds is 14. The molecule has 0 fully saturated rings. The van der Waals surface area contributed by atoms with Gasteiger partial charge in [0.1, 0.15) is 11.8 Å². The molecule has 5 rings (SSSR count). The maximum atomic E-state index is 13.9. The first-order valence-electron chi connectivity index (χ1n) is 17.3. The topological polar surface area (TPSA) is 139 Å². The third kappa shape index (κ3) is 9.13. The normalized spacial score (nSPS) is 17.7. The van der Waals surface area contributed by atoms with E-state index in [1.165, 1.54) is 6.07 Å². The average Bonchev–Trinajstić information content (AvgIpc) is 3.45. The Hall–Kier alpha value is -4.77. The largest absolute Gasteiger partial charge is 0.416 e. The van der Waals surface area contributed by atoms with E-state index in [1.54, 1.807) is 12.1 Å². The standard InChI is InChI=1S/C38H45F3N8O2/c1-4-14-43-16-17-44-23-28-11-12-29(20-31(28)38(39,40)41)47-34(50)19-26-8-6-7-25(18-26)9-10-27-22-37(5-2,48-42)24-46-35(27)33-21-30-32(49(33)3)13-15-45-36(30)51/h6-8,11-12,18,20-22,34,42-44,47,50H,4-5,13-17,19,23-24H2,1-3H3,(H,45,51). The van der Waals surface area contributed by atoms with Gasteiger partial charge in [0, 0.05) is 63.0 Å². The van der Waals surface area contributed by atoms with Gasteiger partial charge in [-0.1, -0.05) is 43.9 Å². The molecule has 2 aliphatic heterocycles. The fourth-order valence-electron chi connectivity index (χ4n) is 6.29. The number of carbonyl (C=O) groups is 1. The average molecular weight is 703 g/mol. The summed E-state index contributed by atoms with van der Waals surface area (Å²) in [5.41, 5.74) is 11.5. The highest BCUT2D eigenvalue weighted by atomic mass is 19.4. The monoisotopic (exact) mass is 702 g/mol. The molecule has 2 atom stereocenters. The number of halogens is 3. The number of hydrogen-bond acceptors (Lipinski definition) is 8. The molecule has 0 saturated heterocycles. The number of aliphatic hydroxyl groups excluding tert-OH is 1. The van der Waals surface area contributed by atoms with Crippen molar-refractivity contribution >= 4 is 17.3 Å². The molecule has 1 amide bonds. The second-order valence-corrected chi connectivity index (χ2v) is 12.9. The molecular formula is C38H45F3N8O2. The Labute approximate surface area is 296 Å². The van der Waals surface area contributed by atoms with E-state index in [9.17, 15) is 23.1 Å². The van der Waals surface area contributed by atoms with Crippen LogP contribution < -0.4 is 21.3 Å². The van der Waals surface area contributed by atoms with Crippen LogP contribution in [0.5, 0.6) is 0 Å². The lowest BCUT2D eigenvalue weighted by Crippen LogP contribution is -2.32. The molecule has 10 nitrogen and oxygen atoms in total. The maximum Gasteiger partial charge on any atom is 0.416 e. The third-order valence-electron chi connectivity index (χ3n) is 9.17. The number of aliphatic imine (C=N–C) groups is 1. The lowest BCUT2D eigenvalue weighted by Gasteiger charge is -2.26. The van der Waals surface area contributed by atoms with Crippen molar-refractivity contribution in [1.29, 1.82) is 5.53 Å². The maximum absolute atomic E-state index is 13.9. The van der Waals surface area contributed by atoms with Crippen LogP contribution in [0.25, 0.3) is 0 Å². The number of nitrogens with zero attached hydrogens (tertiary/aromatic N) is 3. The van der Waals surface area contributed by atoms with E-state index in [2.05, 4.69) is 38.2 Å². The third-order valence-corrected chi connectivity index (χ3v) is 9.17. The van der Waals surface area contributed by atoms with Gasteiger partial charge in [0.15, 0.2) is 0 Å². The number of dihydropyridines is 1. The Morgan fingerprint density at radius 1 is 1.12 bits per heavy atom. The van der Waals surface area contributed by atoms with Crippen LogP contribution in [0.15, 0.2) is 70.3 Å². The van der Waals surface area contributed by atoms with Gasteiger partial charge in [-0.25, -0.2) is 5.53 Å². The number of hydrogen-bond donors (Lipinski definition) is 6. The number of anilines is 1. The molecule has 13 heteroatoms. The summed E-state index contributed by atoms with van der Waals surface area (Å²) < 4.78 is 43.8. The zero-order valence-electron chi connectivity index (χ0n) is 29.2. The van der Waals surface area contributed by atoms with Crippen LogP contribution >= 0.6 is 0 Å². The summed E-state index contributed by atoms with van der Waals surface area (Å²) in [4.78, 5) is 17.4. The number of benzene rings is 2. The molecule has 2 aliphatic rings. The molecule has 270 valence electrons. The Balaban J connectivity index is 1.31. The highest BCUT2D eigenvalue weighted by Crippen LogP contribution is 2.34. The first-order valence-corrected chi connectivity index (χ1v) is 17.3. The van der Waals surface area contributed by atoms with E-state index in [0.717, 1.165) is 36.0 Å². The number of aliphatic hydroxyl groups is 1. The number of aromatic nitrogens is 1. The predicted molar refractivity (Wildman–Crippen MR) is 192 cm³/mol. The zero-order chi connectivity index (χ0) is 36.6. The summed E-state index contributed by atoms with van der Waals surface area (Å²) in [6.45, 7) is 6.98. The quantitative estimate of drug-likeness (QED) is 0.0582. The Kier molecular flexibility index (Phi) is 12.1. The number of amides is 1. The van der Waals surface area contributed by atoms with E-state index in [-0.39, 0.29) is 36.7 Å². The summed E-state index contributed by atoms with van der Waals surface area (Å²) >= 11 is 0. The van der Waals surface area contributed by atoms with E-state index < -0.39 is 23.5 Å². The molecule has 51 heavy (non-hydrogen) atoms. The Bertz CT molecular complexity index is 1870. The molecule has 6 N–H and O–H groups in total. The molecule has 2 aromatic carbocycles. The lowest BCUT2D eigenvalue weighted by molar-refractivity contribution is -0.138. The summed E-state index contributed by atoms with van der Waals surface area (Å²) in [6.07, 6.45) is -1.47. The van der Waals surface area contributed by atoms with Gasteiger partial charge in [-0.2, -0.15) is 18.3 Å². The van der Waals surface area contributed by atoms with Crippen LogP contribution in [0.1, 0.15) is 70.7 Å². The molecule has 1 aromatic heterocycles. The molecule has 0 radical (unpaired) electrons. The molecule has 0 bridgehead atoms.